The van der Waals surface area contributed by atoms with Gasteiger partial charge in [-0.25, -0.2) is 18.4 Å². The maximum atomic E-state index is 12.2. The second-order valence-electron chi connectivity index (χ2n) is 16.4. The zero-order chi connectivity index (χ0) is 51.8. The molecule has 7 rings (SSSR count). The zero-order valence-corrected chi connectivity index (χ0v) is 39.6. The monoisotopic (exact) mass is 940 g/mol. The summed E-state index contributed by atoms with van der Waals surface area (Å²) in [6.45, 7) is 10.6. The highest BCUT2D eigenvalue weighted by Gasteiger charge is 2.18. The molecule has 0 saturated carbocycles. The molecular formula is C57H58F2O10. The number of carboxylic acid groups (broad SMARTS) is 3. The smallest absolute Gasteiger partial charge is 0.335 e. The average molecular weight is 941 g/mol. The molecule has 7 aromatic rings. The van der Waals surface area contributed by atoms with E-state index in [9.17, 15) is 37.5 Å². The molecule has 12 heteroatoms. The van der Waals surface area contributed by atoms with Crippen LogP contribution in [0.3, 0.4) is 0 Å². The minimum atomic E-state index is -1.04. The van der Waals surface area contributed by atoms with Gasteiger partial charge in [0.05, 0.1) is 23.7 Å². The predicted molar refractivity (Wildman–Crippen MR) is 267 cm³/mol. The van der Waals surface area contributed by atoms with Crippen LogP contribution >= 0.6 is 0 Å². The molecule has 0 aliphatic heterocycles. The first-order valence-corrected chi connectivity index (χ1v) is 21.1. The van der Waals surface area contributed by atoms with Crippen LogP contribution in [0.2, 0.25) is 0 Å². The van der Waals surface area contributed by atoms with Crippen LogP contribution in [0.4, 0.5) is 8.78 Å². The van der Waals surface area contributed by atoms with Gasteiger partial charge in [0.1, 0.15) is 36.2 Å². The Bertz CT molecular complexity index is 2550. The lowest BCUT2D eigenvalue weighted by Gasteiger charge is -2.08. The molecule has 69 heavy (non-hydrogen) atoms. The van der Waals surface area contributed by atoms with Crippen LogP contribution in [0.1, 0.15) is 83.0 Å². The van der Waals surface area contributed by atoms with E-state index < -0.39 is 29.1 Å². The Balaban J connectivity index is 0.000000413. The molecule has 0 aliphatic carbocycles. The lowest BCUT2D eigenvalue weighted by atomic mass is 9.98. The molecule has 10 nitrogen and oxygen atoms in total. The Hall–Kier alpha value is -8.38. The molecule has 0 amide bonds. The van der Waals surface area contributed by atoms with Crippen molar-refractivity contribution in [2.45, 2.75) is 41.5 Å². The van der Waals surface area contributed by atoms with Gasteiger partial charge >= 0.3 is 17.9 Å². The quantitative estimate of drug-likeness (QED) is 0.131. The summed E-state index contributed by atoms with van der Waals surface area (Å²) in [5.41, 5.74) is 5.33. The Morgan fingerprint density at radius 1 is 0.435 bits per heavy atom. The second-order valence-corrected chi connectivity index (χ2v) is 16.4. The van der Waals surface area contributed by atoms with Crippen molar-refractivity contribution in [2.24, 2.45) is 10.8 Å². The van der Waals surface area contributed by atoms with Gasteiger partial charge in [-0.1, -0.05) is 136 Å². The first kappa shape index (κ1) is 58.6. The molecular weight excluding hydrogens is 883 g/mol. The summed E-state index contributed by atoms with van der Waals surface area (Å²) in [6.07, 6.45) is 2.47. The third kappa shape index (κ3) is 26.4. The van der Waals surface area contributed by atoms with Crippen LogP contribution in [0.15, 0.2) is 188 Å². The van der Waals surface area contributed by atoms with Crippen LogP contribution < -0.4 is 4.74 Å². The zero-order valence-electron chi connectivity index (χ0n) is 39.6. The first-order chi connectivity index (χ1) is 32.6. The number of benzene rings is 7. The van der Waals surface area contributed by atoms with Gasteiger partial charge in [0.2, 0.25) is 0 Å². The molecule has 360 valence electrons. The van der Waals surface area contributed by atoms with Crippen LogP contribution in [0, 0.1) is 22.5 Å². The van der Waals surface area contributed by atoms with Crippen LogP contribution in [-0.2, 0) is 9.59 Å². The number of hydrogen-bond donors (Lipinski definition) is 3. The van der Waals surface area contributed by atoms with Gasteiger partial charge in [0, 0.05) is 16.5 Å². The van der Waals surface area contributed by atoms with Crippen molar-refractivity contribution < 1.29 is 57.6 Å². The third-order valence-corrected chi connectivity index (χ3v) is 8.46. The summed E-state index contributed by atoms with van der Waals surface area (Å²) in [5.74, 6) is -2.53. The highest BCUT2D eigenvalue weighted by molar-refractivity contribution is 5.88. The van der Waals surface area contributed by atoms with Crippen molar-refractivity contribution in [3.63, 3.8) is 0 Å². The maximum Gasteiger partial charge on any atom is 0.335 e. The Morgan fingerprint density at radius 2 is 0.696 bits per heavy atom. The lowest BCUT2D eigenvalue weighted by molar-refractivity contribution is -0.145. The molecule has 0 aliphatic rings. The number of hydrogen-bond acceptors (Lipinski definition) is 7. The Morgan fingerprint density at radius 3 is 0.957 bits per heavy atom. The molecule has 0 radical (unpaired) electrons. The standard InChI is InChI=1S/C13H10O2.C13H10O.C7H5FO2.C7H5FO.C7H8O.C5H10O2.C5H10O/c14-13(15)12-8-6-11(7-9-12)10-4-2-1-3-5-10;14-10-11-6-8-13(9-7-11)12-4-2-1-3-5-12;8-6-3-1-5(2-4-6)7(9)10;8-7-3-1-6(5-9)2-4-7;1-8-7-5-3-2-4-6-7;1-5(2,3)4(6)7;1-5(2,3)4-6/h1-9H,(H,14,15);1-10H;1-4H,(H,9,10);1-5H;2-6H,1H3;1-3H3,(H,6,7);4H,1-3H3. The van der Waals surface area contributed by atoms with Gasteiger partial charge < -0.3 is 24.9 Å². The maximum absolute atomic E-state index is 12.2. The molecule has 0 atom stereocenters. The Labute approximate surface area is 402 Å². The molecule has 0 bridgehead atoms. The number of aliphatic carboxylic acids is 1. The van der Waals surface area contributed by atoms with Gasteiger partial charge in [-0.05, 0) is 116 Å². The van der Waals surface area contributed by atoms with Crippen molar-refractivity contribution in [2.75, 3.05) is 7.11 Å². The molecule has 3 N–H and O–H groups in total. The fourth-order valence-electron chi connectivity index (χ4n) is 4.51. The van der Waals surface area contributed by atoms with Gasteiger partial charge in [0.15, 0.2) is 0 Å². The normalized spacial score (nSPS) is 9.75. The second kappa shape index (κ2) is 31.5. The minimum absolute atomic E-state index is 0.0985. The van der Waals surface area contributed by atoms with Crippen molar-refractivity contribution in [3.8, 4) is 28.0 Å². The van der Waals surface area contributed by atoms with E-state index in [1.807, 2.05) is 136 Å². The minimum Gasteiger partial charge on any atom is -0.497 e. The highest BCUT2D eigenvalue weighted by atomic mass is 19.1. The van der Waals surface area contributed by atoms with Crippen molar-refractivity contribution in [3.05, 3.63) is 222 Å². The van der Waals surface area contributed by atoms with Crippen LogP contribution in [-0.4, -0.2) is 59.2 Å². The van der Waals surface area contributed by atoms with Gasteiger partial charge in [-0.15, -0.1) is 0 Å². The Kier molecular flexibility index (Phi) is 26.8. The van der Waals surface area contributed by atoms with E-state index in [1.165, 1.54) is 42.0 Å². The lowest BCUT2D eigenvalue weighted by Crippen LogP contribution is -2.18. The third-order valence-electron chi connectivity index (χ3n) is 8.46. The van der Waals surface area contributed by atoms with Crippen molar-refractivity contribution in [1.82, 2.24) is 0 Å². The molecule has 0 aromatic heterocycles. The summed E-state index contributed by atoms with van der Waals surface area (Å²) in [7, 11) is 1.66. The molecule has 0 spiro atoms. The number of ether oxygens (including phenoxy) is 1. The largest absolute Gasteiger partial charge is 0.497 e. The summed E-state index contributed by atoms with van der Waals surface area (Å²) in [6, 6.07) is 54.1. The number of aromatic carboxylic acids is 2. The van der Waals surface area contributed by atoms with E-state index in [-0.39, 0.29) is 16.8 Å². The van der Waals surface area contributed by atoms with Crippen LogP contribution in [0.5, 0.6) is 5.75 Å². The summed E-state index contributed by atoms with van der Waals surface area (Å²) < 4.78 is 29.2. The fraction of sp³-hybridized carbons (Fsp3) is 0.158. The van der Waals surface area contributed by atoms with Gasteiger partial charge in [0.25, 0.3) is 0 Å². The van der Waals surface area contributed by atoms with E-state index in [1.54, 1.807) is 40.0 Å². The fourth-order valence-corrected chi connectivity index (χ4v) is 4.51. The van der Waals surface area contributed by atoms with Gasteiger partial charge in [-0.3, -0.25) is 14.4 Å². The summed E-state index contributed by atoms with van der Waals surface area (Å²) in [4.78, 5) is 61.1. The molecule has 7 aromatic carbocycles. The molecule has 0 saturated heterocycles. The summed E-state index contributed by atoms with van der Waals surface area (Å²) >= 11 is 0. The number of para-hydroxylation sites is 1. The molecule has 0 fully saturated rings. The van der Waals surface area contributed by atoms with Crippen LogP contribution in [0.25, 0.3) is 22.3 Å². The number of methoxy groups -OCH3 is 1. The average Bonchev–Trinajstić information content (AvgIpc) is 3.36. The van der Waals surface area contributed by atoms with E-state index in [4.69, 9.17) is 20.1 Å². The van der Waals surface area contributed by atoms with E-state index in [0.29, 0.717) is 23.0 Å². The number of carbonyl (C=O) groups is 6. The first-order valence-electron chi connectivity index (χ1n) is 21.1. The SMILES string of the molecule is CC(C)(C)C(=O)O.CC(C)(C)C=O.COc1ccccc1.O=C(O)c1ccc(-c2ccccc2)cc1.O=C(O)c1ccc(F)cc1.O=Cc1ccc(-c2ccccc2)cc1.O=Cc1ccc(F)cc1. The molecule has 0 unspecified atom stereocenters. The summed E-state index contributed by atoms with van der Waals surface area (Å²) in [5, 5.41) is 25.3. The number of carboxylic acids is 3. The van der Waals surface area contributed by atoms with Crippen molar-refractivity contribution >= 4 is 36.8 Å². The number of carbonyl (C=O) groups excluding carboxylic acids is 3. The molecule has 0 heterocycles. The van der Waals surface area contributed by atoms with Crippen molar-refractivity contribution in [1.29, 1.82) is 0 Å². The number of aldehydes is 3. The highest BCUT2D eigenvalue weighted by Crippen LogP contribution is 2.20. The topological polar surface area (TPSA) is 172 Å². The number of rotatable bonds is 7. The van der Waals surface area contributed by atoms with E-state index in [0.717, 1.165) is 47.1 Å². The van der Waals surface area contributed by atoms with E-state index in [2.05, 4.69) is 12.1 Å². The number of halogens is 2. The van der Waals surface area contributed by atoms with Gasteiger partial charge in [-0.2, -0.15) is 0 Å². The van der Waals surface area contributed by atoms with E-state index >= 15 is 0 Å². The predicted octanol–water partition coefficient (Wildman–Crippen LogP) is 13.4.